The number of para-hydroxylation sites is 1. The Labute approximate surface area is 174 Å². The summed E-state index contributed by atoms with van der Waals surface area (Å²) in [5.74, 6) is -0.318. The van der Waals surface area contributed by atoms with Crippen LogP contribution in [0.3, 0.4) is 0 Å². The lowest BCUT2D eigenvalue weighted by Crippen LogP contribution is -2.16. The molecule has 6 heteroatoms. The fraction of sp³-hybridized carbons (Fsp3) is 0.261. The molecular formula is C23H23N3O2S. The predicted molar refractivity (Wildman–Crippen MR) is 117 cm³/mol. The van der Waals surface area contributed by atoms with E-state index in [2.05, 4.69) is 33.8 Å². The van der Waals surface area contributed by atoms with E-state index in [-0.39, 0.29) is 18.2 Å². The molecule has 1 aliphatic carbocycles. The van der Waals surface area contributed by atoms with Crippen molar-refractivity contribution in [3.05, 3.63) is 64.5 Å². The third-order valence-corrected chi connectivity index (χ3v) is 5.83. The van der Waals surface area contributed by atoms with Gasteiger partial charge < -0.3 is 10.6 Å². The number of fused-ring (bicyclic) bond motifs is 1. The molecule has 0 spiro atoms. The van der Waals surface area contributed by atoms with Gasteiger partial charge in [0.2, 0.25) is 11.8 Å². The molecule has 0 aliphatic heterocycles. The summed E-state index contributed by atoms with van der Waals surface area (Å²) in [5, 5.41) is 8.20. The Bertz CT molecular complexity index is 1060. The lowest BCUT2D eigenvalue weighted by molar-refractivity contribution is -0.116. The highest BCUT2D eigenvalue weighted by Gasteiger charge is 2.14. The Hall–Kier alpha value is -2.99. The van der Waals surface area contributed by atoms with Crippen LogP contribution in [-0.4, -0.2) is 16.8 Å². The monoisotopic (exact) mass is 405 g/mol. The number of rotatable bonds is 5. The maximum atomic E-state index is 12.5. The summed E-state index contributed by atoms with van der Waals surface area (Å²) in [5.41, 5.74) is 6.27. The summed E-state index contributed by atoms with van der Waals surface area (Å²) < 4.78 is 0. The number of amides is 2. The van der Waals surface area contributed by atoms with Crippen molar-refractivity contribution in [2.75, 3.05) is 10.6 Å². The Morgan fingerprint density at radius 3 is 2.66 bits per heavy atom. The molecule has 29 heavy (non-hydrogen) atoms. The molecule has 1 aromatic heterocycles. The van der Waals surface area contributed by atoms with Crippen molar-refractivity contribution in [2.24, 2.45) is 0 Å². The summed E-state index contributed by atoms with van der Waals surface area (Å²) in [4.78, 5) is 28.4. The van der Waals surface area contributed by atoms with E-state index in [4.69, 9.17) is 0 Å². The van der Waals surface area contributed by atoms with Gasteiger partial charge in [-0.2, -0.15) is 0 Å². The Balaban J connectivity index is 1.44. The zero-order chi connectivity index (χ0) is 20.2. The lowest BCUT2D eigenvalue weighted by atomic mass is 9.90. The number of aromatic nitrogens is 1. The standard InChI is InChI=1S/C23H23N3O2S/c1-15(27)24-20-9-5-4-8-18(20)13-22(28)26-23-25-21(14-29-23)19-11-10-16-6-2-3-7-17(16)12-19/h4-5,8-12,14H,2-3,6-7,13H2,1H3,(H,24,27)(H,25,26,28). The van der Waals surface area contributed by atoms with E-state index in [0.29, 0.717) is 10.8 Å². The van der Waals surface area contributed by atoms with Gasteiger partial charge in [0.05, 0.1) is 12.1 Å². The number of hydrogen-bond donors (Lipinski definition) is 2. The van der Waals surface area contributed by atoms with E-state index in [1.165, 1.54) is 42.2 Å². The van der Waals surface area contributed by atoms with E-state index in [9.17, 15) is 9.59 Å². The smallest absolute Gasteiger partial charge is 0.230 e. The van der Waals surface area contributed by atoms with Crippen LogP contribution in [0.2, 0.25) is 0 Å². The van der Waals surface area contributed by atoms with Crippen molar-refractivity contribution in [3.8, 4) is 11.3 Å². The second-order valence-corrected chi connectivity index (χ2v) is 8.15. The Kier molecular flexibility index (Phi) is 5.71. The van der Waals surface area contributed by atoms with Crippen LogP contribution in [0.5, 0.6) is 0 Å². The number of carbonyl (C=O) groups excluding carboxylic acids is 2. The average Bonchev–Trinajstić information content (AvgIpc) is 3.17. The normalized spacial score (nSPS) is 12.9. The van der Waals surface area contributed by atoms with Gasteiger partial charge in [0.15, 0.2) is 5.13 Å². The van der Waals surface area contributed by atoms with Crippen molar-refractivity contribution < 1.29 is 9.59 Å². The molecule has 0 bridgehead atoms. The minimum absolute atomic E-state index is 0.158. The van der Waals surface area contributed by atoms with E-state index in [0.717, 1.165) is 29.7 Å². The molecule has 0 saturated carbocycles. The molecular weight excluding hydrogens is 382 g/mol. The van der Waals surface area contributed by atoms with Gasteiger partial charge >= 0.3 is 0 Å². The number of carbonyl (C=O) groups is 2. The van der Waals surface area contributed by atoms with E-state index >= 15 is 0 Å². The molecule has 0 atom stereocenters. The first-order chi connectivity index (χ1) is 14.1. The minimum atomic E-state index is -0.160. The lowest BCUT2D eigenvalue weighted by Gasteiger charge is -2.16. The highest BCUT2D eigenvalue weighted by molar-refractivity contribution is 7.14. The van der Waals surface area contributed by atoms with E-state index in [1.54, 1.807) is 6.07 Å². The molecule has 5 nitrogen and oxygen atoms in total. The number of nitrogens with one attached hydrogen (secondary N) is 2. The van der Waals surface area contributed by atoms with Crippen LogP contribution in [0, 0.1) is 0 Å². The topological polar surface area (TPSA) is 71.1 Å². The molecule has 4 rings (SSSR count). The van der Waals surface area contributed by atoms with E-state index < -0.39 is 0 Å². The quantitative estimate of drug-likeness (QED) is 0.639. The third kappa shape index (κ3) is 4.71. The highest BCUT2D eigenvalue weighted by atomic mass is 32.1. The molecule has 0 fully saturated rings. The number of hydrogen-bond acceptors (Lipinski definition) is 4. The second-order valence-electron chi connectivity index (χ2n) is 7.29. The third-order valence-electron chi connectivity index (χ3n) is 5.07. The van der Waals surface area contributed by atoms with Crippen molar-refractivity contribution in [1.82, 2.24) is 4.98 Å². The summed E-state index contributed by atoms with van der Waals surface area (Å²) in [6.45, 7) is 1.45. The Morgan fingerprint density at radius 1 is 1.03 bits per heavy atom. The van der Waals surface area contributed by atoms with Crippen molar-refractivity contribution in [3.63, 3.8) is 0 Å². The fourth-order valence-corrected chi connectivity index (χ4v) is 4.41. The van der Waals surface area contributed by atoms with Gasteiger partial charge in [0.25, 0.3) is 0 Å². The fourth-order valence-electron chi connectivity index (χ4n) is 3.68. The molecule has 0 radical (unpaired) electrons. The molecule has 0 saturated heterocycles. The van der Waals surface area contributed by atoms with Crippen molar-refractivity contribution in [1.29, 1.82) is 0 Å². The van der Waals surface area contributed by atoms with Crippen LogP contribution in [0.15, 0.2) is 47.8 Å². The molecule has 1 aliphatic rings. The minimum Gasteiger partial charge on any atom is -0.326 e. The van der Waals surface area contributed by atoms with E-state index in [1.807, 2.05) is 23.6 Å². The van der Waals surface area contributed by atoms with Gasteiger partial charge in [-0.25, -0.2) is 4.98 Å². The predicted octanol–water partition coefficient (Wildman–Crippen LogP) is 4.83. The van der Waals surface area contributed by atoms with Gasteiger partial charge in [-0.3, -0.25) is 9.59 Å². The van der Waals surface area contributed by atoms with Crippen LogP contribution < -0.4 is 10.6 Å². The van der Waals surface area contributed by atoms with Gasteiger partial charge in [-0.05, 0) is 54.5 Å². The first kappa shape index (κ1) is 19.3. The van der Waals surface area contributed by atoms with Crippen LogP contribution >= 0.6 is 11.3 Å². The van der Waals surface area contributed by atoms with Crippen LogP contribution in [0.1, 0.15) is 36.5 Å². The summed E-state index contributed by atoms with van der Waals surface area (Å²) >= 11 is 1.42. The van der Waals surface area contributed by atoms with Crippen LogP contribution in [-0.2, 0) is 28.9 Å². The van der Waals surface area contributed by atoms with Crippen LogP contribution in [0.25, 0.3) is 11.3 Å². The molecule has 2 aromatic carbocycles. The molecule has 148 valence electrons. The maximum Gasteiger partial charge on any atom is 0.230 e. The van der Waals surface area contributed by atoms with Gasteiger partial charge in [-0.1, -0.05) is 30.3 Å². The number of benzene rings is 2. The summed E-state index contributed by atoms with van der Waals surface area (Å²) in [6, 6.07) is 13.9. The van der Waals surface area contributed by atoms with Crippen molar-refractivity contribution in [2.45, 2.75) is 39.0 Å². The zero-order valence-corrected chi connectivity index (χ0v) is 17.1. The molecule has 2 N–H and O–H groups in total. The van der Waals surface area contributed by atoms with Crippen molar-refractivity contribution >= 4 is 34.0 Å². The summed E-state index contributed by atoms with van der Waals surface area (Å²) in [6.07, 6.45) is 4.97. The van der Waals surface area contributed by atoms with Crippen LogP contribution in [0.4, 0.5) is 10.8 Å². The first-order valence-electron chi connectivity index (χ1n) is 9.81. The maximum absolute atomic E-state index is 12.5. The average molecular weight is 406 g/mol. The van der Waals surface area contributed by atoms with Gasteiger partial charge in [0, 0.05) is 23.6 Å². The SMILES string of the molecule is CC(=O)Nc1ccccc1CC(=O)Nc1nc(-c2ccc3c(c2)CCCC3)cs1. The Morgan fingerprint density at radius 2 is 1.83 bits per heavy atom. The molecule has 3 aromatic rings. The largest absolute Gasteiger partial charge is 0.326 e. The molecule has 1 heterocycles. The zero-order valence-electron chi connectivity index (χ0n) is 16.3. The number of thiazole rings is 1. The number of anilines is 2. The highest BCUT2D eigenvalue weighted by Crippen LogP contribution is 2.29. The first-order valence-corrected chi connectivity index (χ1v) is 10.7. The number of aryl methyl sites for hydroxylation is 2. The molecule has 2 amide bonds. The number of nitrogens with zero attached hydrogens (tertiary/aromatic N) is 1. The van der Waals surface area contributed by atoms with Gasteiger partial charge in [0.1, 0.15) is 0 Å². The van der Waals surface area contributed by atoms with Gasteiger partial charge in [-0.15, -0.1) is 11.3 Å². The molecule has 0 unspecified atom stereocenters. The summed E-state index contributed by atoms with van der Waals surface area (Å²) in [7, 11) is 0. The second kappa shape index (κ2) is 8.57.